The van der Waals surface area contributed by atoms with E-state index in [1.807, 2.05) is 23.9 Å². The van der Waals surface area contributed by atoms with Crippen LogP contribution >= 0.6 is 11.8 Å². The molecule has 1 aliphatic heterocycles. The van der Waals surface area contributed by atoms with E-state index in [9.17, 15) is 4.79 Å². The highest BCUT2D eigenvalue weighted by Crippen LogP contribution is 2.37. The largest absolute Gasteiger partial charge is 0.476 e. The first kappa shape index (κ1) is 11.3. The quantitative estimate of drug-likeness (QED) is 0.901. The summed E-state index contributed by atoms with van der Waals surface area (Å²) in [4.78, 5) is 12.2. The van der Waals surface area contributed by atoms with Crippen molar-refractivity contribution in [1.29, 1.82) is 0 Å². The first-order valence-corrected chi connectivity index (χ1v) is 6.68. The van der Waals surface area contributed by atoms with E-state index >= 15 is 0 Å². The van der Waals surface area contributed by atoms with Gasteiger partial charge in [-0.2, -0.15) is 5.10 Å². The van der Waals surface area contributed by atoms with Crippen LogP contribution < -0.4 is 0 Å². The molecule has 0 saturated carbocycles. The van der Waals surface area contributed by atoms with E-state index in [1.54, 1.807) is 17.8 Å². The van der Waals surface area contributed by atoms with Gasteiger partial charge in [0.15, 0.2) is 5.69 Å². The van der Waals surface area contributed by atoms with E-state index in [-0.39, 0.29) is 5.69 Å². The lowest BCUT2D eigenvalue weighted by Crippen LogP contribution is -1.99. The van der Waals surface area contributed by atoms with Crippen molar-refractivity contribution in [3.63, 3.8) is 0 Å². The summed E-state index contributed by atoms with van der Waals surface area (Å²) in [7, 11) is 1.78. The molecule has 1 aromatic carbocycles. The maximum Gasteiger partial charge on any atom is 0.356 e. The fraction of sp³-hybridized carbons (Fsp3) is 0.231. The topological polar surface area (TPSA) is 55.1 Å². The summed E-state index contributed by atoms with van der Waals surface area (Å²) >= 11 is 1.85. The molecule has 4 nitrogen and oxygen atoms in total. The lowest BCUT2D eigenvalue weighted by molar-refractivity contribution is 0.0689. The van der Waals surface area contributed by atoms with Gasteiger partial charge in [0.25, 0.3) is 0 Å². The van der Waals surface area contributed by atoms with Crippen molar-refractivity contribution < 1.29 is 9.90 Å². The smallest absolute Gasteiger partial charge is 0.356 e. The summed E-state index contributed by atoms with van der Waals surface area (Å²) in [5.74, 6) is 0.106. The minimum atomic E-state index is -0.987. The van der Waals surface area contributed by atoms with Crippen molar-refractivity contribution in [3.8, 4) is 11.3 Å². The molecule has 1 aliphatic rings. The molecule has 0 aliphatic carbocycles. The molecule has 0 radical (unpaired) electrons. The monoisotopic (exact) mass is 260 g/mol. The van der Waals surface area contributed by atoms with Crippen LogP contribution in [0.5, 0.6) is 0 Å². The molecule has 0 bridgehead atoms. The highest BCUT2D eigenvalue weighted by molar-refractivity contribution is 7.99. The van der Waals surface area contributed by atoms with Crippen LogP contribution in [0.4, 0.5) is 0 Å². The van der Waals surface area contributed by atoms with Gasteiger partial charge in [-0.3, -0.25) is 4.68 Å². The van der Waals surface area contributed by atoms with Crippen LogP contribution in [0.1, 0.15) is 16.1 Å². The maximum absolute atomic E-state index is 11.0. The number of carboxylic acids is 1. The number of aryl methyl sites for hydroxylation is 1. The third-order valence-electron chi connectivity index (χ3n) is 3.12. The van der Waals surface area contributed by atoms with Crippen LogP contribution in [-0.4, -0.2) is 26.6 Å². The number of rotatable bonds is 2. The van der Waals surface area contributed by atoms with Gasteiger partial charge in [0.1, 0.15) is 0 Å². The van der Waals surface area contributed by atoms with Gasteiger partial charge < -0.3 is 5.11 Å². The van der Waals surface area contributed by atoms with Crippen LogP contribution in [0.25, 0.3) is 11.3 Å². The Morgan fingerprint density at radius 2 is 2.33 bits per heavy atom. The molecule has 0 spiro atoms. The molecule has 0 saturated heterocycles. The summed E-state index contributed by atoms with van der Waals surface area (Å²) in [6.07, 6.45) is 1.03. The first-order valence-electron chi connectivity index (χ1n) is 5.69. The van der Waals surface area contributed by atoms with E-state index in [0.717, 1.165) is 23.4 Å². The van der Waals surface area contributed by atoms with Gasteiger partial charge in [-0.15, -0.1) is 11.8 Å². The van der Waals surface area contributed by atoms with Crippen molar-refractivity contribution in [3.05, 3.63) is 35.5 Å². The second kappa shape index (κ2) is 4.17. The second-order valence-electron chi connectivity index (χ2n) is 4.22. The van der Waals surface area contributed by atoms with Crippen molar-refractivity contribution in [2.24, 2.45) is 7.05 Å². The Balaban J connectivity index is 2.16. The Hall–Kier alpha value is -1.75. The highest BCUT2D eigenvalue weighted by Gasteiger charge is 2.19. The molecule has 0 amide bonds. The molecule has 1 N–H and O–H groups in total. The standard InChI is InChI=1S/C13H12N2O2S/c1-15-11(7-10(14-15)13(16)17)8-3-2-4-12-9(8)5-6-18-12/h2-4,7H,5-6H2,1H3,(H,16,17). The van der Waals surface area contributed by atoms with Gasteiger partial charge in [-0.05, 0) is 24.1 Å². The number of thioether (sulfide) groups is 1. The lowest BCUT2D eigenvalue weighted by atomic mass is 10.0. The summed E-state index contributed by atoms with van der Waals surface area (Å²) in [5.41, 5.74) is 3.37. The third kappa shape index (κ3) is 1.71. The molecule has 2 heterocycles. The van der Waals surface area contributed by atoms with Crippen LogP contribution in [-0.2, 0) is 13.5 Å². The number of fused-ring (bicyclic) bond motifs is 1. The molecule has 2 aromatic rings. The molecule has 3 rings (SSSR count). The average molecular weight is 260 g/mol. The minimum Gasteiger partial charge on any atom is -0.476 e. The van der Waals surface area contributed by atoms with E-state index < -0.39 is 5.97 Å². The zero-order valence-corrected chi connectivity index (χ0v) is 10.7. The number of carboxylic acid groups (broad SMARTS) is 1. The van der Waals surface area contributed by atoms with E-state index in [4.69, 9.17) is 5.11 Å². The van der Waals surface area contributed by atoms with Crippen LogP contribution in [0.15, 0.2) is 29.2 Å². The predicted octanol–water partition coefficient (Wildman–Crippen LogP) is 2.43. The molecule has 1 aromatic heterocycles. The molecule has 0 unspecified atom stereocenters. The fourth-order valence-corrected chi connectivity index (χ4v) is 3.37. The van der Waals surface area contributed by atoms with Crippen molar-refractivity contribution in [2.45, 2.75) is 11.3 Å². The van der Waals surface area contributed by atoms with Crippen LogP contribution in [0, 0.1) is 0 Å². The van der Waals surface area contributed by atoms with Crippen LogP contribution in [0.2, 0.25) is 0 Å². The first-order chi connectivity index (χ1) is 8.66. The highest BCUT2D eigenvalue weighted by atomic mass is 32.2. The van der Waals surface area contributed by atoms with Gasteiger partial charge in [0.2, 0.25) is 0 Å². The normalized spacial score (nSPS) is 13.6. The number of benzene rings is 1. The predicted molar refractivity (Wildman–Crippen MR) is 70.0 cm³/mol. The average Bonchev–Trinajstić information content (AvgIpc) is 2.94. The molecule has 0 atom stereocenters. The molecular weight excluding hydrogens is 248 g/mol. The van der Waals surface area contributed by atoms with Gasteiger partial charge in [-0.25, -0.2) is 4.79 Å². The number of carbonyl (C=O) groups is 1. The fourth-order valence-electron chi connectivity index (χ4n) is 2.29. The summed E-state index contributed by atoms with van der Waals surface area (Å²) in [6.45, 7) is 0. The molecule has 18 heavy (non-hydrogen) atoms. The Bertz CT molecular complexity index is 634. The molecular formula is C13H12N2O2S. The summed E-state index contributed by atoms with van der Waals surface area (Å²) in [5, 5.41) is 13.0. The van der Waals surface area contributed by atoms with Gasteiger partial charge in [0.05, 0.1) is 5.69 Å². The van der Waals surface area contributed by atoms with Gasteiger partial charge in [-0.1, -0.05) is 12.1 Å². The number of hydrogen-bond acceptors (Lipinski definition) is 3. The second-order valence-corrected chi connectivity index (χ2v) is 5.36. The number of nitrogens with zero attached hydrogens (tertiary/aromatic N) is 2. The van der Waals surface area contributed by atoms with Gasteiger partial charge >= 0.3 is 5.97 Å². The van der Waals surface area contributed by atoms with Crippen molar-refractivity contribution >= 4 is 17.7 Å². The summed E-state index contributed by atoms with van der Waals surface area (Å²) < 4.78 is 1.64. The maximum atomic E-state index is 11.0. The Labute approximate surface area is 109 Å². The van der Waals surface area contributed by atoms with E-state index in [2.05, 4.69) is 11.2 Å². The minimum absolute atomic E-state index is 0.0933. The van der Waals surface area contributed by atoms with Gasteiger partial charge in [0, 0.05) is 23.3 Å². The zero-order valence-electron chi connectivity index (χ0n) is 9.88. The Morgan fingerprint density at radius 3 is 3.06 bits per heavy atom. The SMILES string of the molecule is Cn1nc(C(=O)O)cc1-c1cccc2c1CCS2. The number of hydrogen-bond donors (Lipinski definition) is 1. The molecule has 92 valence electrons. The Morgan fingerprint density at radius 1 is 1.50 bits per heavy atom. The Kier molecular flexibility index (Phi) is 2.63. The van der Waals surface area contributed by atoms with E-state index in [1.165, 1.54) is 10.5 Å². The van der Waals surface area contributed by atoms with E-state index in [0.29, 0.717) is 0 Å². The summed E-state index contributed by atoms with van der Waals surface area (Å²) in [6, 6.07) is 7.80. The number of aromatic nitrogens is 2. The number of aromatic carboxylic acids is 1. The zero-order chi connectivity index (χ0) is 12.7. The van der Waals surface area contributed by atoms with Crippen molar-refractivity contribution in [1.82, 2.24) is 9.78 Å². The van der Waals surface area contributed by atoms with Crippen molar-refractivity contribution in [2.75, 3.05) is 5.75 Å². The molecule has 0 fully saturated rings. The lowest BCUT2D eigenvalue weighted by Gasteiger charge is -2.07. The van der Waals surface area contributed by atoms with Crippen LogP contribution in [0.3, 0.4) is 0 Å². The third-order valence-corrected chi connectivity index (χ3v) is 4.22. The molecule has 5 heteroatoms.